The van der Waals surface area contributed by atoms with Gasteiger partial charge in [0.25, 0.3) is 0 Å². The van der Waals surface area contributed by atoms with Crippen molar-refractivity contribution in [2.45, 2.75) is 36.8 Å². The van der Waals surface area contributed by atoms with Gasteiger partial charge in [-0.25, -0.2) is 4.79 Å². The average molecular weight is 310 g/mol. The van der Waals surface area contributed by atoms with E-state index in [1.807, 2.05) is 0 Å². The van der Waals surface area contributed by atoms with Crippen LogP contribution in [0.3, 0.4) is 0 Å². The van der Waals surface area contributed by atoms with Gasteiger partial charge in [0.2, 0.25) is 0 Å². The Morgan fingerprint density at radius 2 is 2.22 bits per heavy atom. The van der Waals surface area contributed by atoms with Crippen LogP contribution >= 0.6 is 0 Å². The van der Waals surface area contributed by atoms with Crippen LogP contribution in [0.1, 0.15) is 24.8 Å². The zero-order chi connectivity index (χ0) is 15.6. The molecule has 1 spiro atoms. The van der Waals surface area contributed by atoms with E-state index in [1.54, 1.807) is 0 Å². The Kier molecular flexibility index (Phi) is 2.72. The number of carbonyl (C=O) groups is 1. The molecule has 0 bridgehead atoms. The van der Waals surface area contributed by atoms with Crippen LogP contribution in [0.25, 0.3) is 0 Å². The summed E-state index contributed by atoms with van der Waals surface area (Å²) in [5.41, 5.74) is 3.47. The molecule has 0 aromatic heterocycles. The Hall–Kier alpha value is -1.81. The van der Waals surface area contributed by atoms with Crippen LogP contribution in [0.5, 0.6) is 0 Å². The number of nitrogens with zero attached hydrogens (tertiary/aromatic N) is 1. The molecule has 3 aliphatic heterocycles. The van der Waals surface area contributed by atoms with Crippen LogP contribution in [-0.2, 0) is 14.9 Å². The summed E-state index contributed by atoms with van der Waals surface area (Å²) in [6.07, 6.45) is 5.74. The van der Waals surface area contributed by atoms with E-state index in [1.165, 1.54) is 37.7 Å². The van der Waals surface area contributed by atoms with Gasteiger partial charge in [-0.3, -0.25) is 4.90 Å². The predicted molar refractivity (Wildman–Crippen MR) is 88.3 cm³/mol. The Balaban J connectivity index is 1.73. The number of hydrogen-bond donors (Lipinski definition) is 1. The lowest BCUT2D eigenvalue weighted by atomic mass is 9.60. The van der Waals surface area contributed by atoms with Crippen molar-refractivity contribution in [2.75, 3.05) is 25.5 Å². The SMILES string of the molecule is COC(=O)C1=C[C@@H]2CCCN3CC[C@@]4(c5ccccc5N[C@@H]14)[C@H]23. The normalized spacial score (nSPS) is 37.3. The lowest BCUT2D eigenvalue weighted by molar-refractivity contribution is -0.136. The second kappa shape index (κ2) is 4.60. The highest BCUT2D eigenvalue weighted by Crippen LogP contribution is 2.58. The number of piperidine rings is 1. The maximum atomic E-state index is 12.5. The fraction of sp³-hybridized carbons (Fsp3) is 0.526. The van der Waals surface area contributed by atoms with Gasteiger partial charge in [-0.15, -0.1) is 0 Å². The van der Waals surface area contributed by atoms with E-state index >= 15 is 0 Å². The van der Waals surface area contributed by atoms with Crippen LogP contribution in [0.2, 0.25) is 0 Å². The minimum absolute atomic E-state index is 0.0277. The van der Waals surface area contributed by atoms with Crippen LogP contribution in [-0.4, -0.2) is 43.2 Å². The molecule has 0 radical (unpaired) electrons. The van der Waals surface area contributed by atoms with Gasteiger partial charge >= 0.3 is 5.97 Å². The number of para-hydroxylation sites is 1. The highest BCUT2D eigenvalue weighted by Gasteiger charge is 2.63. The summed E-state index contributed by atoms with van der Waals surface area (Å²) in [4.78, 5) is 15.1. The van der Waals surface area contributed by atoms with Crippen molar-refractivity contribution in [3.05, 3.63) is 41.5 Å². The first-order chi connectivity index (χ1) is 11.3. The van der Waals surface area contributed by atoms with Gasteiger partial charge in [-0.05, 0) is 49.9 Å². The first-order valence-electron chi connectivity index (χ1n) is 8.66. The summed E-state index contributed by atoms with van der Waals surface area (Å²) in [5, 5.41) is 3.66. The largest absolute Gasteiger partial charge is 0.466 e. The summed E-state index contributed by atoms with van der Waals surface area (Å²) in [6.45, 7) is 2.33. The molecule has 2 saturated heterocycles. The number of fused-ring (bicyclic) bond motifs is 1. The van der Waals surface area contributed by atoms with Crippen LogP contribution in [0, 0.1) is 5.92 Å². The third-order valence-corrected chi connectivity index (χ3v) is 6.49. The summed E-state index contributed by atoms with van der Waals surface area (Å²) in [7, 11) is 1.49. The number of ether oxygens (including phenoxy) is 1. The molecule has 4 nitrogen and oxygen atoms in total. The van der Waals surface area contributed by atoms with Gasteiger partial charge < -0.3 is 10.1 Å². The van der Waals surface area contributed by atoms with Gasteiger partial charge in [-0.2, -0.15) is 0 Å². The molecule has 0 amide bonds. The third-order valence-electron chi connectivity index (χ3n) is 6.49. The lowest BCUT2D eigenvalue weighted by Gasteiger charge is -2.49. The van der Waals surface area contributed by atoms with Gasteiger partial charge in [0, 0.05) is 17.1 Å². The van der Waals surface area contributed by atoms with E-state index < -0.39 is 0 Å². The molecule has 1 N–H and O–H groups in total. The Morgan fingerprint density at radius 3 is 3.09 bits per heavy atom. The number of carbonyl (C=O) groups excluding carboxylic acids is 1. The molecule has 1 aromatic rings. The fourth-order valence-corrected chi connectivity index (χ4v) is 5.76. The van der Waals surface area contributed by atoms with E-state index in [0.29, 0.717) is 12.0 Å². The molecule has 4 atom stereocenters. The van der Waals surface area contributed by atoms with E-state index in [9.17, 15) is 4.79 Å². The number of rotatable bonds is 1. The Labute approximate surface area is 136 Å². The Bertz CT molecular complexity index is 713. The first kappa shape index (κ1) is 13.6. The fourth-order valence-electron chi connectivity index (χ4n) is 5.76. The van der Waals surface area contributed by atoms with Crippen molar-refractivity contribution < 1.29 is 9.53 Å². The maximum absolute atomic E-state index is 12.5. The lowest BCUT2D eigenvalue weighted by Crippen LogP contribution is -2.58. The number of anilines is 1. The summed E-state index contributed by atoms with van der Waals surface area (Å²) >= 11 is 0. The number of benzene rings is 1. The second-order valence-electron chi connectivity index (χ2n) is 7.31. The highest BCUT2D eigenvalue weighted by atomic mass is 16.5. The van der Waals surface area contributed by atoms with E-state index in [4.69, 9.17) is 4.74 Å². The highest BCUT2D eigenvalue weighted by molar-refractivity contribution is 5.93. The minimum Gasteiger partial charge on any atom is -0.466 e. The monoisotopic (exact) mass is 310 g/mol. The van der Waals surface area contributed by atoms with Crippen molar-refractivity contribution >= 4 is 11.7 Å². The van der Waals surface area contributed by atoms with E-state index in [-0.39, 0.29) is 17.4 Å². The molecule has 5 rings (SSSR count). The second-order valence-corrected chi connectivity index (χ2v) is 7.31. The zero-order valence-electron chi connectivity index (χ0n) is 13.4. The molecule has 1 aliphatic carbocycles. The van der Waals surface area contributed by atoms with Crippen LogP contribution in [0.15, 0.2) is 35.9 Å². The minimum atomic E-state index is -0.169. The van der Waals surface area contributed by atoms with Crippen LogP contribution in [0.4, 0.5) is 5.69 Å². The van der Waals surface area contributed by atoms with Crippen molar-refractivity contribution in [1.82, 2.24) is 4.90 Å². The molecule has 0 unspecified atom stereocenters. The van der Waals surface area contributed by atoms with Crippen LogP contribution < -0.4 is 5.32 Å². The number of esters is 1. The summed E-state index contributed by atoms with van der Waals surface area (Å²) < 4.78 is 5.12. The van der Waals surface area contributed by atoms with Crippen molar-refractivity contribution in [3.8, 4) is 0 Å². The van der Waals surface area contributed by atoms with Gasteiger partial charge in [0.1, 0.15) is 0 Å². The molecule has 0 saturated carbocycles. The van der Waals surface area contributed by atoms with Gasteiger partial charge in [0.15, 0.2) is 0 Å². The molecule has 120 valence electrons. The molecule has 4 heteroatoms. The third kappa shape index (κ3) is 1.57. The van der Waals surface area contributed by atoms with Crippen molar-refractivity contribution in [1.29, 1.82) is 0 Å². The number of methoxy groups -OCH3 is 1. The summed E-state index contributed by atoms with van der Waals surface area (Å²) in [5.74, 6) is 0.293. The van der Waals surface area contributed by atoms with Gasteiger partial charge in [0.05, 0.1) is 18.7 Å². The smallest absolute Gasteiger partial charge is 0.335 e. The van der Waals surface area contributed by atoms with Gasteiger partial charge in [-0.1, -0.05) is 24.3 Å². The van der Waals surface area contributed by atoms with Crippen molar-refractivity contribution in [2.24, 2.45) is 5.92 Å². The Morgan fingerprint density at radius 1 is 1.35 bits per heavy atom. The van der Waals surface area contributed by atoms with E-state index in [0.717, 1.165) is 18.5 Å². The van der Waals surface area contributed by atoms with E-state index in [2.05, 4.69) is 40.6 Å². The quantitative estimate of drug-likeness (QED) is 0.808. The van der Waals surface area contributed by atoms with Crippen molar-refractivity contribution in [3.63, 3.8) is 0 Å². The molecule has 23 heavy (non-hydrogen) atoms. The molecule has 3 heterocycles. The number of nitrogens with one attached hydrogen (secondary N) is 1. The molecule has 4 aliphatic rings. The molecular formula is C19H22N2O2. The predicted octanol–water partition coefficient (Wildman–Crippen LogP) is 2.32. The molecular weight excluding hydrogens is 288 g/mol. The summed E-state index contributed by atoms with van der Waals surface area (Å²) in [6, 6.07) is 9.19. The standard InChI is InChI=1S/C19H22N2O2/c1-23-18(22)13-11-12-5-4-9-21-10-8-19(17(12)21)14-6-2-3-7-15(14)20-16(13)19/h2-3,6-7,11-12,16-17,20H,4-5,8-10H2,1H3/t12-,16-,17-,19-/m0/s1. The zero-order valence-corrected chi connectivity index (χ0v) is 13.4. The average Bonchev–Trinajstić information content (AvgIpc) is 3.14. The molecule has 1 aromatic carbocycles. The maximum Gasteiger partial charge on any atom is 0.335 e. The molecule has 2 fully saturated rings. The topological polar surface area (TPSA) is 41.6 Å². The first-order valence-corrected chi connectivity index (χ1v) is 8.66. The number of hydrogen-bond acceptors (Lipinski definition) is 4.